The summed E-state index contributed by atoms with van der Waals surface area (Å²) >= 11 is 3.50. The molecule has 0 aromatic carbocycles. The minimum absolute atomic E-state index is 0.0772. The summed E-state index contributed by atoms with van der Waals surface area (Å²) < 4.78 is 6.68. The summed E-state index contributed by atoms with van der Waals surface area (Å²) in [5.41, 5.74) is 7.01. The zero-order valence-corrected chi connectivity index (χ0v) is 14.7. The number of halogens is 1. The van der Waals surface area contributed by atoms with Crippen LogP contribution in [0.1, 0.15) is 44.8 Å². The molecule has 1 aliphatic rings. The van der Waals surface area contributed by atoms with Crippen LogP contribution in [-0.4, -0.2) is 41.1 Å². The number of ether oxygens (including phenoxy) is 1. The Morgan fingerprint density at radius 1 is 1.43 bits per heavy atom. The third kappa shape index (κ3) is 4.37. The molecule has 2 rings (SSSR count). The lowest BCUT2D eigenvalue weighted by Crippen LogP contribution is -2.39. The Kier molecular flexibility index (Phi) is 5.96. The third-order valence-corrected chi connectivity index (χ3v) is 4.41. The van der Waals surface area contributed by atoms with Gasteiger partial charge in [-0.05, 0) is 41.2 Å². The van der Waals surface area contributed by atoms with Gasteiger partial charge in [-0.3, -0.25) is 4.90 Å². The molecule has 2 heterocycles. The molecule has 0 amide bonds. The van der Waals surface area contributed by atoms with Crippen LogP contribution in [-0.2, 0) is 11.2 Å². The van der Waals surface area contributed by atoms with Gasteiger partial charge in [0.05, 0.1) is 16.8 Å². The predicted octanol–water partition coefficient (Wildman–Crippen LogP) is 2.80. The molecule has 2 N–H and O–H groups in total. The van der Waals surface area contributed by atoms with E-state index in [1.165, 1.54) is 0 Å². The number of rotatable bonds is 5. The van der Waals surface area contributed by atoms with E-state index in [-0.39, 0.29) is 6.10 Å². The topological polar surface area (TPSA) is 64.3 Å². The summed E-state index contributed by atoms with van der Waals surface area (Å²) in [4.78, 5) is 11.5. The van der Waals surface area contributed by atoms with Gasteiger partial charge in [0, 0.05) is 13.1 Å². The first-order valence-electron chi connectivity index (χ1n) is 7.67. The molecule has 0 bridgehead atoms. The van der Waals surface area contributed by atoms with E-state index in [4.69, 9.17) is 15.5 Å². The first-order chi connectivity index (χ1) is 10.0. The molecule has 21 heavy (non-hydrogen) atoms. The lowest BCUT2D eigenvalue weighted by molar-refractivity contribution is -0.0342. The smallest absolute Gasteiger partial charge is 0.161 e. The Morgan fingerprint density at radius 3 is 2.86 bits per heavy atom. The van der Waals surface area contributed by atoms with Crippen molar-refractivity contribution in [1.82, 2.24) is 14.9 Å². The molecule has 1 atom stereocenters. The van der Waals surface area contributed by atoms with Crippen LogP contribution in [0.4, 0.5) is 5.82 Å². The molecule has 1 aliphatic heterocycles. The van der Waals surface area contributed by atoms with E-state index in [1.807, 2.05) is 0 Å². The lowest BCUT2D eigenvalue weighted by Gasteiger charge is -2.32. The van der Waals surface area contributed by atoms with E-state index < -0.39 is 0 Å². The van der Waals surface area contributed by atoms with Crippen molar-refractivity contribution in [2.24, 2.45) is 5.92 Å². The third-order valence-electron chi connectivity index (χ3n) is 3.54. The van der Waals surface area contributed by atoms with Crippen LogP contribution in [0.5, 0.6) is 0 Å². The van der Waals surface area contributed by atoms with E-state index >= 15 is 0 Å². The van der Waals surface area contributed by atoms with Crippen LogP contribution in [0.2, 0.25) is 0 Å². The van der Waals surface area contributed by atoms with E-state index in [9.17, 15) is 0 Å². The van der Waals surface area contributed by atoms with Gasteiger partial charge in [-0.15, -0.1) is 0 Å². The molecule has 118 valence electrons. The Balaban J connectivity index is 2.20. The van der Waals surface area contributed by atoms with Crippen LogP contribution < -0.4 is 5.73 Å². The largest absolute Gasteiger partial charge is 0.383 e. The molecular formula is C15H25BrN4O. The first kappa shape index (κ1) is 16.6. The molecule has 0 aliphatic carbocycles. The average Bonchev–Trinajstić information content (AvgIpc) is 2.44. The van der Waals surface area contributed by atoms with Gasteiger partial charge in [-0.1, -0.05) is 20.8 Å². The highest BCUT2D eigenvalue weighted by Gasteiger charge is 2.25. The number of nitrogen functional groups attached to an aromatic ring is 1. The van der Waals surface area contributed by atoms with Crippen molar-refractivity contribution in [3.05, 3.63) is 16.0 Å². The summed E-state index contributed by atoms with van der Waals surface area (Å²) in [6.45, 7) is 10.2. The Morgan fingerprint density at radius 2 is 2.19 bits per heavy atom. The zero-order valence-electron chi connectivity index (χ0n) is 13.1. The molecule has 1 unspecified atom stereocenters. The average molecular weight is 357 g/mol. The van der Waals surface area contributed by atoms with Crippen LogP contribution in [0.15, 0.2) is 4.47 Å². The maximum Gasteiger partial charge on any atom is 0.161 e. The van der Waals surface area contributed by atoms with Crippen LogP contribution in [0, 0.1) is 5.92 Å². The number of nitrogens with two attached hydrogens (primary N) is 1. The second-order valence-corrected chi connectivity index (χ2v) is 6.78. The molecular weight excluding hydrogens is 332 g/mol. The quantitative estimate of drug-likeness (QED) is 0.878. The molecule has 1 aromatic heterocycles. The number of hydrogen-bond donors (Lipinski definition) is 1. The van der Waals surface area contributed by atoms with Crippen LogP contribution in [0.3, 0.4) is 0 Å². The van der Waals surface area contributed by atoms with Gasteiger partial charge in [0.25, 0.3) is 0 Å². The fourth-order valence-electron chi connectivity index (χ4n) is 2.58. The number of nitrogens with zero attached hydrogens (tertiary/aromatic N) is 3. The molecule has 0 spiro atoms. The summed E-state index contributed by atoms with van der Waals surface area (Å²) in [7, 11) is 0. The highest BCUT2D eigenvalue weighted by Crippen LogP contribution is 2.27. The highest BCUT2D eigenvalue weighted by atomic mass is 79.9. The van der Waals surface area contributed by atoms with Crippen LogP contribution in [0.25, 0.3) is 0 Å². The number of anilines is 1. The van der Waals surface area contributed by atoms with Gasteiger partial charge in [0.15, 0.2) is 5.82 Å². The summed E-state index contributed by atoms with van der Waals surface area (Å²) in [6.07, 6.45) is 1.95. The molecule has 6 heteroatoms. The van der Waals surface area contributed by atoms with Gasteiger partial charge in [0.2, 0.25) is 0 Å². The minimum atomic E-state index is -0.0772. The standard InChI is InChI=1S/C15H25BrN4O/c1-4-5-20-6-7-21-12(9-20)15-18-11(8-10(2)3)13(16)14(17)19-15/h10,12H,4-9H2,1-3H3,(H2,17,18,19). The van der Waals surface area contributed by atoms with Gasteiger partial charge in [-0.25, -0.2) is 9.97 Å². The fraction of sp³-hybridized carbons (Fsp3) is 0.733. The van der Waals surface area contributed by atoms with Gasteiger partial charge in [-0.2, -0.15) is 0 Å². The molecule has 0 saturated carbocycles. The lowest BCUT2D eigenvalue weighted by atomic mass is 10.1. The van der Waals surface area contributed by atoms with Crippen molar-refractivity contribution < 1.29 is 4.74 Å². The zero-order chi connectivity index (χ0) is 15.4. The molecule has 1 saturated heterocycles. The van der Waals surface area contributed by atoms with Crippen molar-refractivity contribution >= 4 is 21.7 Å². The minimum Gasteiger partial charge on any atom is -0.383 e. The summed E-state index contributed by atoms with van der Waals surface area (Å²) in [5.74, 6) is 1.74. The summed E-state index contributed by atoms with van der Waals surface area (Å²) in [6, 6.07) is 0. The second kappa shape index (κ2) is 7.51. The fourth-order valence-corrected chi connectivity index (χ4v) is 2.92. The van der Waals surface area contributed by atoms with Gasteiger partial charge < -0.3 is 10.5 Å². The van der Waals surface area contributed by atoms with Crippen molar-refractivity contribution in [3.8, 4) is 0 Å². The van der Waals surface area contributed by atoms with Gasteiger partial charge in [0.1, 0.15) is 11.9 Å². The second-order valence-electron chi connectivity index (χ2n) is 5.99. The van der Waals surface area contributed by atoms with E-state index in [0.29, 0.717) is 17.6 Å². The molecule has 5 nitrogen and oxygen atoms in total. The van der Waals surface area contributed by atoms with E-state index in [0.717, 1.165) is 49.2 Å². The van der Waals surface area contributed by atoms with E-state index in [1.54, 1.807) is 0 Å². The van der Waals surface area contributed by atoms with Crippen molar-refractivity contribution in [3.63, 3.8) is 0 Å². The SMILES string of the molecule is CCCN1CCOC(c2nc(N)c(Br)c(CC(C)C)n2)C1. The Bertz CT molecular complexity index is 479. The highest BCUT2D eigenvalue weighted by molar-refractivity contribution is 9.10. The first-order valence-corrected chi connectivity index (χ1v) is 8.46. The van der Waals surface area contributed by atoms with Crippen molar-refractivity contribution in [1.29, 1.82) is 0 Å². The predicted molar refractivity (Wildman–Crippen MR) is 88.1 cm³/mol. The monoisotopic (exact) mass is 356 g/mol. The van der Waals surface area contributed by atoms with Crippen molar-refractivity contribution in [2.75, 3.05) is 32.0 Å². The number of hydrogen-bond acceptors (Lipinski definition) is 5. The summed E-state index contributed by atoms with van der Waals surface area (Å²) in [5, 5.41) is 0. The maximum atomic E-state index is 6.03. The maximum absolute atomic E-state index is 6.03. The Labute approximate surface area is 135 Å². The van der Waals surface area contributed by atoms with Gasteiger partial charge >= 0.3 is 0 Å². The number of morpholine rings is 1. The normalized spacial score (nSPS) is 20.1. The van der Waals surface area contributed by atoms with Crippen molar-refractivity contribution in [2.45, 2.75) is 39.7 Å². The van der Waals surface area contributed by atoms with Crippen LogP contribution >= 0.6 is 15.9 Å². The molecule has 0 radical (unpaired) electrons. The Hall–Kier alpha value is -0.720. The van der Waals surface area contributed by atoms with E-state index in [2.05, 4.69) is 46.6 Å². The number of aromatic nitrogens is 2. The molecule has 1 aromatic rings. The molecule has 1 fully saturated rings.